The van der Waals surface area contributed by atoms with Crippen LogP contribution in [0.1, 0.15) is 0 Å². The van der Waals surface area contributed by atoms with E-state index >= 15 is 0 Å². The van der Waals surface area contributed by atoms with Gasteiger partial charge in [0.1, 0.15) is 11.2 Å². The van der Waals surface area contributed by atoms with E-state index in [2.05, 4.69) is 169 Å². The molecular formula is C44H29NO. The van der Waals surface area contributed by atoms with Crippen LogP contribution in [-0.4, -0.2) is 0 Å². The molecule has 0 bridgehead atoms. The summed E-state index contributed by atoms with van der Waals surface area (Å²) < 4.78 is 6.18. The number of nitrogens with zero attached hydrogens (tertiary/aromatic N) is 1. The highest BCUT2D eigenvalue weighted by atomic mass is 16.3. The van der Waals surface area contributed by atoms with Crippen molar-refractivity contribution in [1.29, 1.82) is 0 Å². The summed E-state index contributed by atoms with van der Waals surface area (Å²) in [4.78, 5) is 2.32. The largest absolute Gasteiger partial charge is 0.456 e. The molecule has 0 aliphatic heterocycles. The molecule has 9 aromatic rings. The molecule has 46 heavy (non-hydrogen) atoms. The number of hydrogen-bond donors (Lipinski definition) is 0. The number of anilines is 3. The zero-order valence-electron chi connectivity index (χ0n) is 25.1. The van der Waals surface area contributed by atoms with E-state index in [1.54, 1.807) is 0 Å². The Balaban J connectivity index is 1.12. The lowest BCUT2D eigenvalue weighted by molar-refractivity contribution is 0.669. The average Bonchev–Trinajstić information content (AvgIpc) is 3.52. The first kappa shape index (κ1) is 26.3. The summed E-state index contributed by atoms with van der Waals surface area (Å²) in [5, 5.41) is 7.28. The van der Waals surface area contributed by atoms with Gasteiger partial charge in [0.15, 0.2) is 0 Å². The summed E-state index contributed by atoms with van der Waals surface area (Å²) in [5.74, 6) is 0. The van der Waals surface area contributed by atoms with Gasteiger partial charge in [-0.2, -0.15) is 0 Å². The normalized spacial score (nSPS) is 11.5. The van der Waals surface area contributed by atoms with Gasteiger partial charge in [-0.1, -0.05) is 127 Å². The lowest BCUT2D eigenvalue weighted by atomic mass is 9.95. The Hall–Kier alpha value is -6.12. The molecule has 0 atom stereocenters. The van der Waals surface area contributed by atoms with E-state index in [1.807, 2.05) is 12.1 Å². The second-order valence-electron chi connectivity index (χ2n) is 11.7. The van der Waals surface area contributed by atoms with Gasteiger partial charge in [-0.3, -0.25) is 0 Å². The van der Waals surface area contributed by atoms with Gasteiger partial charge in [0.25, 0.3) is 0 Å². The van der Waals surface area contributed by atoms with Gasteiger partial charge in [-0.05, 0) is 92.3 Å². The van der Waals surface area contributed by atoms with E-state index in [0.717, 1.165) is 33.6 Å². The molecular weight excluding hydrogens is 558 g/mol. The number of furan rings is 1. The van der Waals surface area contributed by atoms with Crippen LogP contribution in [0.5, 0.6) is 0 Å². The third-order valence-electron chi connectivity index (χ3n) is 9.08. The molecule has 2 heteroatoms. The van der Waals surface area contributed by atoms with E-state index in [9.17, 15) is 0 Å². The lowest BCUT2D eigenvalue weighted by Crippen LogP contribution is -2.09. The van der Waals surface area contributed by atoms with E-state index in [4.69, 9.17) is 4.42 Å². The molecule has 1 heterocycles. The van der Waals surface area contributed by atoms with Crippen molar-refractivity contribution in [2.24, 2.45) is 0 Å². The van der Waals surface area contributed by atoms with E-state index in [0.29, 0.717) is 0 Å². The number of para-hydroxylation sites is 2. The van der Waals surface area contributed by atoms with Crippen molar-refractivity contribution in [3.63, 3.8) is 0 Å². The number of benzene rings is 8. The fraction of sp³-hybridized carbons (Fsp3) is 0. The number of hydrogen-bond acceptors (Lipinski definition) is 2. The van der Waals surface area contributed by atoms with Crippen molar-refractivity contribution < 1.29 is 4.42 Å². The highest BCUT2D eigenvalue weighted by Gasteiger charge is 2.15. The zero-order valence-corrected chi connectivity index (χ0v) is 25.1. The molecule has 2 nitrogen and oxygen atoms in total. The molecule has 0 aliphatic carbocycles. The molecule has 9 rings (SSSR count). The number of fused-ring (bicyclic) bond motifs is 6. The Bertz CT molecular complexity index is 2500. The Morgan fingerprint density at radius 3 is 1.61 bits per heavy atom. The van der Waals surface area contributed by atoms with Gasteiger partial charge in [0.2, 0.25) is 0 Å². The lowest BCUT2D eigenvalue weighted by Gasteiger charge is -2.26. The smallest absolute Gasteiger partial charge is 0.136 e. The van der Waals surface area contributed by atoms with Crippen LogP contribution in [0.4, 0.5) is 17.1 Å². The molecule has 0 amide bonds. The highest BCUT2D eigenvalue weighted by molar-refractivity contribution is 6.20. The highest BCUT2D eigenvalue weighted by Crippen LogP contribution is 2.40. The Kier molecular flexibility index (Phi) is 6.17. The average molecular weight is 588 g/mol. The quantitative estimate of drug-likeness (QED) is 0.199. The van der Waals surface area contributed by atoms with Crippen molar-refractivity contribution in [2.45, 2.75) is 0 Å². The fourth-order valence-corrected chi connectivity index (χ4v) is 6.91. The maximum Gasteiger partial charge on any atom is 0.136 e. The molecule has 0 aliphatic rings. The van der Waals surface area contributed by atoms with Crippen LogP contribution in [0.15, 0.2) is 180 Å². The molecule has 8 aromatic carbocycles. The van der Waals surface area contributed by atoms with Gasteiger partial charge >= 0.3 is 0 Å². The second-order valence-corrected chi connectivity index (χ2v) is 11.7. The standard InChI is InChI=1S/C44H29NO/c1-2-12-33(13-3-1)45(34-24-20-31(21-25-34)37-16-8-11-30-10-4-5-14-36(30)37)35-26-22-32(23-27-35)38-17-9-18-40-39(38)28-29-43-44(40)41-15-6-7-19-42(41)46-43/h1-29H. The summed E-state index contributed by atoms with van der Waals surface area (Å²) in [6.07, 6.45) is 0. The third-order valence-corrected chi connectivity index (χ3v) is 9.08. The number of rotatable bonds is 5. The van der Waals surface area contributed by atoms with Crippen LogP contribution < -0.4 is 4.90 Å². The SMILES string of the molecule is c1ccc(N(c2ccc(-c3cccc4ccccc34)cc2)c2ccc(-c3cccc4c3ccc3oc5ccccc5c34)cc2)cc1. The van der Waals surface area contributed by atoms with Crippen molar-refractivity contribution in [3.8, 4) is 22.3 Å². The zero-order chi connectivity index (χ0) is 30.5. The van der Waals surface area contributed by atoms with Crippen molar-refractivity contribution in [1.82, 2.24) is 0 Å². The molecule has 0 spiro atoms. The second kappa shape index (κ2) is 10.8. The Labute approximate surface area is 267 Å². The maximum atomic E-state index is 6.18. The van der Waals surface area contributed by atoms with Crippen LogP contribution in [-0.2, 0) is 0 Å². The van der Waals surface area contributed by atoms with E-state index in [1.165, 1.54) is 49.2 Å². The van der Waals surface area contributed by atoms with Gasteiger partial charge < -0.3 is 9.32 Å². The minimum atomic E-state index is 0.922. The summed E-state index contributed by atoms with van der Waals surface area (Å²) in [5.41, 5.74) is 10.0. The minimum Gasteiger partial charge on any atom is -0.456 e. The molecule has 0 unspecified atom stereocenters. The summed E-state index contributed by atoms with van der Waals surface area (Å²) >= 11 is 0. The van der Waals surface area contributed by atoms with Crippen LogP contribution in [0.2, 0.25) is 0 Å². The summed E-state index contributed by atoms with van der Waals surface area (Å²) in [6.45, 7) is 0. The Morgan fingerprint density at radius 2 is 0.870 bits per heavy atom. The van der Waals surface area contributed by atoms with Crippen LogP contribution in [0.25, 0.3) is 65.7 Å². The van der Waals surface area contributed by atoms with Gasteiger partial charge in [0, 0.05) is 27.8 Å². The van der Waals surface area contributed by atoms with Gasteiger partial charge in [-0.25, -0.2) is 0 Å². The fourth-order valence-electron chi connectivity index (χ4n) is 6.91. The van der Waals surface area contributed by atoms with Crippen molar-refractivity contribution >= 4 is 60.5 Å². The maximum absolute atomic E-state index is 6.18. The van der Waals surface area contributed by atoms with Crippen molar-refractivity contribution in [2.75, 3.05) is 4.90 Å². The van der Waals surface area contributed by atoms with Crippen LogP contribution in [0, 0.1) is 0 Å². The van der Waals surface area contributed by atoms with E-state index < -0.39 is 0 Å². The molecule has 0 saturated heterocycles. The Morgan fingerprint density at radius 1 is 0.326 bits per heavy atom. The molecule has 216 valence electrons. The molecule has 0 fully saturated rings. The topological polar surface area (TPSA) is 16.4 Å². The molecule has 1 aromatic heterocycles. The first-order valence-corrected chi connectivity index (χ1v) is 15.7. The molecule has 0 saturated carbocycles. The third kappa shape index (κ3) is 4.35. The minimum absolute atomic E-state index is 0.922. The summed E-state index contributed by atoms with van der Waals surface area (Å²) in [6, 6.07) is 62.7. The van der Waals surface area contributed by atoms with Crippen LogP contribution in [0.3, 0.4) is 0 Å². The predicted molar refractivity (Wildman–Crippen MR) is 194 cm³/mol. The first-order chi connectivity index (χ1) is 22.8. The van der Waals surface area contributed by atoms with Crippen LogP contribution >= 0.6 is 0 Å². The predicted octanol–water partition coefficient (Wildman–Crippen LogP) is 12.7. The first-order valence-electron chi connectivity index (χ1n) is 15.7. The van der Waals surface area contributed by atoms with Gasteiger partial charge in [0.05, 0.1) is 0 Å². The summed E-state index contributed by atoms with van der Waals surface area (Å²) in [7, 11) is 0. The van der Waals surface area contributed by atoms with Gasteiger partial charge in [-0.15, -0.1) is 0 Å². The molecule has 0 radical (unpaired) electrons. The monoisotopic (exact) mass is 587 g/mol. The molecule has 0 N–H and O–H groups in total. The van der Waals surface area contributed by atoms with E-state index in [-0.39, 0.29) is 0 Å². The van der Waals surface area contributed by atoms with Crippen molar-refractivity contribution in [3.05, 3.63) is 176 Å².